The van der Waals surface area contributed by atoms with E-state index < -0.39 is 0 Å². The van der Waals surface area contributed by atoms with E-state index in [0.29, 0.717) is 18.5 Å². The van der Waals surface area contributed by atoms with Gasteiger partial charge in [-0.05, 0) is 19.4 Å². The molecule has 0 aliphatic rings. The lowest BCUT2D eigenvalue weighted by Crippen LogP contribution is -2.40. The maximum atomic E-state index is 12.0. The molecule has 0 aliphatic heterocycles. The van der Waals surface area contributed by atoms with Gasteiger partial charge in [0.15, 0.2) is 0 Å². The molecule has 0 aromatic carbocycles. The van der Waals surface area contributed by atoms with Crippen molar-refractivity contribution in [2.45, 2.75) is 25.8 Å². The molecule has 1 amide bonds. The van der Waals surface area contributed by atoms with Crippen molar-refractivity contribution in [3.63, 3.8) is 0 Å². The summed E-state index contributed by atoms with van der Waals surface area (Å²) in [5.74, 6) is -0.0330. The van der Waals surface area contributed by atoms with E-state index in [0.717, 1.165) is 17.4 Å². The van der Waals surface area contributed by atoms with Crippen LogP contribution in [0.3, 0.4) is 0 Å². The lowest BCUT2D eigenvalue weighted by atomic mass is 10.2. The lowest BCUT2D eigenvalue weighted by Gasteiger charge is -2.17. The zero-order valence-electron chi connectivity index (χ0n) is 12.3. The van der Waals surface area contributed by atoms with Gasteiger partial charge in [0.1, 0.15) is 0 Å². The molecule has 1 heterocycles. The normalized spacial score (nSPS) is 10.6. The summed E-state index contributed by atoms with van der Waals surface area (Å²) in [6.07, 6.45) is 3.44. The van der Waals surface area contributed by atoms with Gasteiger partial charge in [-0.25, -0.2) is 4.79 Å². The van der Waals surface area contributed by atoms with Crippen LogP contribution in [0.4, 0.5) is 0 Å². The van der Waals surface area contributed by atoms with Gasteiger partial charge in [-0.3, -0.25) is 14.2 Å². The summed E-state index contributed by atoms with van der Waals surface area (Å²) in [4.78, 5) is 36.9. The summed E-state index contributed by atoms with van der Waals surface area (Å²) < 4.78 is 2.38. The molecule has 0 bridgehead atoms. The molecule has 20 heavy (non-hydrogen) atoms. The third kappa shape index (κ3) is 3.80. The molecule has 0 fully saturated rings. The number of unbranched alkanes of at least 4 members (excludes halogenated alkanes) is 1. The van der Waals surface area contributed by atoms with Crippen LogP contribution in [0.25, 0.3) is 0 Å². The average Bonchev–Trinajstić information content (AvgIpc) is 2.42. The van der Waals surface area contributed by atoms with Crippen LogP contribution >= 0.6 is 0 Å². The van der Waals surface area contributed by atoms with Crippen molar-refractivity contribution in [3.05, 3.63) is 32.6 Å². The topological polar surface area (TPSA) is 90.3 Å². The number of nitrogens with two attached hydrogens (primary N) is 1. The van der Waals surface area contributed by atoms with Gasteiger partial charge in [-0.15, -0.1) is 0 Å². The number of carbonyl (C=O) groups excluding carboxylic acids is 1. The zero-order chi connectivity index (χ0) is 15.3. The largest absolute Gasteiger partial charge is 0.341 e. The molecule has 1 rings (SSSR count). The number of carbonyl (C=O) groups is 1. The van der Waals surface area contributed by atoms with Gasteiger partial charge in [-0.1, -0.05) is 0 Å². The monoisotopic (exact) mass is 282 g/mol. The van der Waals surface area contributed by atoms with Gasteiger partial charge in [0.25, 0.3) is 5.56 Å². The fourth-order valence-electron chi connectivity index (χ4n) is 1.95. The van der Waals surface area contributed by atoms with E-state index in [-0.39, 0.29) is 23.7 Å². The van der Waals surface area contributed by atoms with Crippen molar-refractivity contribution >= 4 is 5.91 Å². The second-order valence-corrected chi connectivity index (χ2v) is 4.91. The van der Waals surface area contributed by atoms with E-state index in [9.17, 15) is 14.4 Å². The van der Waals surface area contributed by atoms with Crippen LogP contribution in [0.15, 0.2) is 15.8 Å². The molecule has 0 spiro atoms. The smallest absolute Gasteiger partial charge is 0.330 e. The number of aryl methyl sites for hydroxylation is 1. The van der Waals surface area contributed by atoms with E-state index in [1.54, 1.807) is 14.1 Å². The molecule has 0 atom stereocenters. The fourth-order valence-corrected chi connectivity index (χ4v) is 1.95. The number of aromatic nitrogens is 2. The minimum atomic E-state index is -0.379. The summed E-state index contributed by atoms with van der Waals surface area (Å²) in [6, 6.07) is 0. The van der Waals surface area contributed by atoms with Gasteiger partial charge >= 0.3 is 5.69 Å². The Morgan fingerprint density at radius 3 is 2.55 bits per heavy atom. The standard InChI is InChI=1S/C13H22N4O3/c1-15(11(18)6-4-5-7-14)8-10-9-16(2)13(20)17(3)12(10)19/h9H,4-8,14H2,1-3H3. The van der Waals surface area contributed by atoms with E-state index >= 15 is 0 Å². The van der Waals surface area contributed by atoms with E-state index in [2.05, 4.69) is 0 Å². The molecule has 1 aromatic heterocycles. The van der Waals surface area contributed by atoms with Crippen molar-refractivity contribution in [2.24, 2.45) is 19.8 Å². The second kappa shape index (κ2) is 7.04. The van der Waals surface area contributed by atoms with Crippen molar-refractivity contribution in [1.82, 2.24) is 14.0 Å². The molecule has 7 nitrogen and oxygen atoms in total. The summed E-state index contributed by atoms with van der Waals surface area (Å²) in [7, 11) is 4.65. The van der Waals surface area contributed by atoms with Crippen LogP contribution in [-0.4, -0.2) is 33.5 Å². The summed E-state index contributed by atoms with van der Waals surface area (Å²) in [6.45, 7) is 0.764. The van der Waals surface area contributed by atoms with Crippen molar-refractivity contribution < 1.29 is 4.79 Å². The first kappa shape index (κ1) is 16.2. The number of nitrogens with zero attached hydrogens (tertiary/aromatic N) is 3. The number of rotatable bonds is 6. The Hall–Kier alpha value is -1.89. The molecule has 112 valence electrons. The van der Waals surface area contributed by atoms with Crippen LogP contribution < -0.4 is 17.0 Å². The number of amides is 1. The summed E-state index contributed by atoms with van der Waals surface area (Å²) >= 11 is 0. The van der Waals surface area contributed by atoms with E-state index in [1.807, 2.05) is 0 Å². The van der Waals surface area contributed by atoms with Crippen LogP contribution in [0.5, 0.6) is 0 Å². The Labute approximate surface area is 117 Å². The summed E-state index contributed by atoms with van der Waals surface area (Å²) in [5.41, 5.74) is 5.06. The quantitative estimate of drug-likeness (QED) is 0.690. The van der Waals surface area contributed by atoms with Crippen molar-refractivity contribution in [2.75, 3.05) is 13.6 Å². The molecular formula is C13H22N4O3. The highest BCUT2D eigenvalue weighted by Crippen LogP contribution is 2.02. The highest BCUT2D eigenvalue weighted by Gasteiger charge is 2.13. The number of hydrogen-bond acceptors (Lipinski definition) is 4. The Morgan fingerprint density at radius 2 is 1.95 bits per heavy atom. The Bertz CT molecular complexity index is 588. The molecule has 0 saturated heterocycles. The van der Waals surface area contributed by atoms with Gasteiger partial charge in [0.2, 0.25) is 5.91 Å². The molecule has 2 N–H and O–H groups in total. The first-order valence-electron chi connectivity index (χ1n) is 6.58. The minimum Gasteiger partial charge on any atom is -0.341 e. The maximum absolute atomic E-state index is 12.0. The predicted molar refractivity (Wildman–Crippen MR) is 76.3 cm³/mol. The lowest BCUT2D eigenvalue weighted by molar-refractivity contribution is -0.130. The minimum absolute atomic E-state index is 0.0330. The highest BCUT2D eigenvalue weighted by molar-refractivity contribution is 5.75. The molecule has 1 aromatic rings. The SMILES string of the molecule is CN(Cc1cn(C)c(=O)n(C)c1=O)C(=O)CCCCN. The Kier molecular flexibility index (Phi) is 5.69. The van der Waals surface area contributed by atoms with Gasteiger partial charge < -0.3 is 15.2 Å². The maximum Gasteiger partial charge on any atom is 0.330 e. The molecule has 0 aliphatic carbocycles. The van der Waals surface area contributed by atoms with Crippen LogP contribution in [0.2, 0.25) is 0 Å². The van der Waals surface area contributed by atoms with Crippen LogP contribution in [-0.2, 0) is 25.4 Å². The third-order valence-corrected chi connectivity index (χ3v) is 3.20. The first-order valence-corrected chi connectivity index (χ1v) is 6.58. The van der Waals surface area contributed by atoms with Gasteiger partial charge in [0.05, 0.1) is 12.1 Å². The summed E-state index contributed by atoms with van der Waals surface area (Å²) in [5, 5.41) is 0. The molecular weight excluding hydrogens is 260 g/mol. The predicted octanol–water partition coefficient (Wildman–Crippen LogP) is -0.829. The van der Waals surface area contributed by atoms with E-state index in [1.165, 1.54) is 22.7 Å². The zero-order valence-corrected chi connectivity index (χ0v) is 12.3. The van der Waals surface area contributed by atoms with Crippen LogP contribution in [0, 0.1) is 0 Å². The second-order valence-electron chi connectivity index (χ2n) is 4.91. The average molecular weight is 282 g/mol. The molecule has 7 heteroatoms. The first-order chi connectivity index (χ1) is 9.38. The van der Waals surface area contributed by atoms with E-state index in [4.69, 9.17) is 5.73 Å². The number of hydrogen-bond donors (Lipinski definition) is 1. The third-order valence-electron chi connectivity index (χ3n) is 3.20. The molecule has 0 unspecified atom stereocenters. The Morgan fingerprint density at radius 1 is 1.30 bits per heavy atom. The highest BCUT2D eigenvalue weighted by atomic mass is 16.2. The fraction of sp³-hybridized carbons (Fsp3) is 0.615. The molecule has 0 saturated carbocycles. The van der Waals surface area contributed by atoms with Crippen LogP contribution in [0.1, 0.15) is 24.8 Å². The van der Waals surface area contributed by atoms with Crippen molar-refractivity contribution in [1.29, 1.82) is 0 Å². The van der Waals surface area contributed by atoms with Gasteiger partial charge in [0, 0.05) is 33.8 Å². The van der Waals surface area contributed by atoms with Crippen molar-refractivity contribution in [3.8, 4) is 0 Å². The molecule has 0 radical (unpaired) electrons. The Balaban J connectivity index is 2.81. The van der Waals surface area contributed by atoms with Gasteiger partial charge in [-0.2, -0.15) is 0 Å².